The van der Waals surface area contributed by atoms with E-state index < -0.39 is 0 Å². The van der Waals surface area contributed by atoms with Crippen LogP contribution in [0.15, 0.2) is 48.5 Å². The van der Waals surface area contributed by atoms with Gasteiger partial charge in [0.1, 0.15) is 5.75 Å². The van der Waals surface area contributed by atoms with Crippen LogP contribution in [0.2, 0.25) is 0 Å². The normalized spacial score (nSPS) is 10.1. The molecule has 0 aliphatic carbocycles. The number of rotatable bonds is 7. The molecule has 0 aliphatic rings. The van der Waals surface area contributed by atoms with Crippen LogP contribution < -0.4 is 20.5 Å². The first-order valence-electron chi connectivity index (χ1n) is 8.64. The highest BCUT2D eigenvalue weighted by atomic mass is 16.5. The largest absolute Gasteiger partial charge is 0.497 e. The number of nitrogens with one attached hydrogen (secondary N) is 2. The van der Waals surface area contributed by atoms with Crippen molar-refractivity contribution < 1.29 is 14.3 Å². The van der Waals surface area contributed by atoms with Gasteiger partial charge in [-0.15, -0.1) is 0 Å². The number of hydrazine groups is 1. The number of methoxy groups -OCH3 is 1. The lowest BCUT2D eigenvalue weighted by Crippen LogP contribution is -2.42. The number of amides is 2. The maximum atomic E-state index is 12.1. The summed E-state index contributed by atoms with van der Waals surface area (Å²) in [5.74, 6) is 0.0954. The highest BCUT2D eigenvalue weighted by Gasteiger charge is 2.09. The van der Waals surface area contributed by atoms with Crippen molar-refractivity contribution in [1.29, 1.82) is 0 Å². The SMILES string of the molecule is CCN(CC)c1ccc(C(=O)NNC(=O)Cc2ccc(OC)cc2)cc1. The Hall–Kier alpha value is -3.02. The van der Waals surface area contributed by atoms with Crippen molar-refractivity contribution >= 4 is 17.5 Å². The van der Waals surface area contributed by atoms with E-state index >= 15 is 0 Å². The standard InChI is InChI=1S/C20H25N3O3/c1-4-23(5-2)17-10-8-16(9-11-17)20(25)22-21-19(24)14-15-6-12-18(26-3)13-7-15/h6-13H,4-5,14H2,1-3H3,(H,21,24)(H,22,25). The molecule has 2 amide bonds. The van der Waals surface area contributed by atoms with Crippen LogP contribution >= 0.6 is 0 Å². The molecule has 0 atom stereocenters. The fraction of sp³-hybridized carbons (Fsp3) is 0.300. The highest BCUT2D eigenvalue weighted by Crippen LogP contribution is 2.15. The van der Waals surface area contributed by atoms with Crippen LogP contribution in [0.5, 0.6) is 5.75 Å². The first-order valence-corrected chi connectivity index (χ1v) is 8.64. The van der Waals surface area contributed by atoms with Crippen molar-refractivity contribution in [2.75, 3.05) is 25.1 Å². The van der Waals surface area contributed by atoms with Gasteiger partial charge in [-0.25, -0.2) is 0 Å². The van der Waals surface area contributed by atoms with Crippen molar-refractivity contribution in [3.05, 3.63) is 59.7 Å². The third-order valence-corrected chi connectivity index (χ3v) is 4.10. The molecule has 0 fully saturated rings. The zero-order valence-electron chi connectivity index (χ0n) is 15.4. The molecule has 0 radical (unpaired) electrons. The maximum absolute atomic E-state index is 12.1. The number of hydrogen-bond donors (Lipinski definition) is 2. The summed E-state index contributed by atoms with van der Waals surface area (Å²) >= 11 is 0. The first kappa shape index (κ1) is 19.3. The molecule has 0 heterocycles. The lowest BCUT2D eigenvalue weighted by Gasteiger charge is -2.21. The van der Waals surface area contributed by atoms with Crippen molar-refractivity contribution in [2.45, 2.75) is 20.3 Å². The van der Waals surface area contributed by atoms with E-state index in [1.165, 1.54) is 0 Å². The maximum Gasteiger partial charge on any atom is 0.269 e. The van der Waals surface area contributed by atoms with Gasteiger partial charge in [0.05, 0.1) is 13.5 Å². The van der Waals surface area contributed by atoms with Gasteiger partial charge in [0, 0.05) is 24.3 Å². The van der Waals surface area contributed by atoms with E-state index in [0.29, 0.717) is 5.56 Å². The molecular formula is C20H25N3O3. The second kappa shape index (κ2) is 9.46. The number of ether oxygens (including phenoxy) is 1. The number of anilines is 1. The Kier molecular flexibility index (Phi) is 7.02. The molecule has 2 N–H and O–H groups in total. The third-order valence-electron chi connectivity index (χ3n) is 4.10. The van der Waals surface area contributed by atoms with Gasteiger partial charge < -0.3 is 9.64 Å². The molecule has 6 nitrogen and oxygen atoms in total. The summed E-state index contributed by atoms with van der Waals surface area (Å²) in [5.41, 5.74) is 7.27. The van der Waals surface area contributed by atoms with Crippen molar-refractivity contribution in [2.24, 2.45) is 0 Å². The molecule has 138 valence electrons. The van der Waals surface area contributed by atoms with Gasteiger partial charge >= 0.3 is 0 Å². The van der Waals surface area contributed by atoms with E-state index in [0.717, 1.165) is 30.1 Å². The van der Waals surface area contributed by atoms with Crippen molar-refractivity contribution in [1.82, 2.24) is 10.9 Å². The number of benzene rings is 2. The van der Waals surface area contributed by atoms with Crippen LogP contribution in [-0.4, -0.2) is 32.0 Å². The molecule has 0 bridgehead atoms. The fourth-order valence-corrected chi connectivity index (χ4v) is 2.58. The average Bonchev–Trinajstić information content (AvgIpc) is 2.68. The highest BCUT2D eigenvalue weighted by molar-refractivity contribution is 5.95. The Balaban J connectivity index is 1.86. The molecule has 2 rings (SSSR count). The molecule has 2 aromatic carbocycles. The topological polar surface area (TPSA) is 70.7 Å². The lowest BCUT2D eigenvalue weighted by atomic mass is 10.1. The molecule has 0 aliphatic heterocycles. The summed E-state index contributed by atoms with van der Waals surface area (Å²) in [7, 11) is 1.59. The van der Waals surface area contributed by atoms with Crippen LogP contribution in [0.4, 0.5) is 5.69 Å². The Bertz CT molecular complexity index is 723. The molecule has 0 aromatic heterocycles. The average molecular weight is 355 g/mol. The zero-order chi connectivity index (χ0) is 18.9. The minimum atomic E-state index is -0.348. The number of carbonyl (C=O) groups is 2. The van der Waals surface area contributed by atoms with Gasteiger partial charge in [0.2, 0.25) is 5.91 Å². The predicted octanol–water partition coefficient (Wildman–Crippen LogP) is 2.55. The summed E-state index contributed by atoms with van der Waals surface area (Å²) in [5, 5.41) is 0. The zero-order valence-corrected chi connectivity index (χ0v) is 15.4. The second-order valence-electron chi connectivity index (χ2n) is 5.75. The fourth-order valence-electron chi connectivity index (χ4n) is 2.58. The van der Waals surface area contributed by atoms with Gasteiger partial charge in [0.25, 0.3) is 5.91 Å². The molecule has 0 unspecified atom stereocenters. The smallest absolute Gasteiger partial charge is 0.269 e. The summed E-state index contributed by atoms with van der Waals surface area (Å²) in [6.07, 6.45) is 0.172. The molecule has 0 saturated carbocycles. The van der Waals surface area contributed by atoms with Crippen LogP contribution in [-0.2, 0) is 11.2 Å². The second-order valence-corrected chi connectivity index (χ2v) is 5.75. The van der Waals surface area contributed by atoms with E-state index in [1.807, 2.05) is 24.3 Å². The number of carbonyl (C=O) groups excluding carboxylic acids is 2. The molecule has 2 aromatic rings. The minimum Gasteiger partial charge on any atom is -0.497 e. The van der Waals surface area contributed by atoms with E-state index in [2.05, 4.69) is 29.6 Å². The first-order chi connectivity index (χ1) is 12.6. The molecule has 26 heavy (non-hydrogen) atoms. The summed E-state index contributed by atoms with van der Waals surface area (Å²) < 4.78 is 5.08. The Morgan fingerprint density at radius 3 is 2.08 bits per heavy atom. The Morgan fingerprint density at radius 2 is 1.54 bits per heavy atom. The van der Waals surface area contributed by atoms with Gasteiger partial charge in [-0.2, -0.15) is 0 Å². The van der Waals surface area contributed by atoms with E-state index in [4.69, 9.17) is 4.74 Å². The molecule has 0 saturated heterocycles. The molecule has 6 heteroatoms. The van der Waals surface area contributed by atoms with Crippen molar-refractivity contribution in [3.8, 4) is 5.75 Å². The molecular weight excluding hydrogens is 330 g/mol. The van der Waals surface area contributed by atoms with Crippen LogP contribution in [0, 0.1) is 0 Å². The van der Waals surface area contributed by atoms with E-state index in [1.54, 1.807) is 31.4 Å². The predicted molar refractivity (Wildman–Crippen MR) is 102 cm³/mol. The number of hydrogen-bond acceptors (Lipinski definition) is 4. The number of nitrogens with zero attached hydrogens (tertiary/aromatic N) is 1. The van der Waals surface area contributed by atoms with E-state index in [-0.39, 0.29) is 18.2 Å². The lowest BCUT2D eigenvalue weighted by molar-refractivity contribution is -0.121. The van der Waals surface area contributed by atoms with Gasteiger partial charge in [-0.1, -0.05) is 12.1 Å². The Labute approximate surface area is 154 Å². The quantitative estimate of drug-likeness (QED) is 0.749. The van der Waals surface area contributed by atoms with Crippen LogP contribution in [0.1, 0.15) is 29.8 Å². The van der Waals surface area contributed by atoms with Gasteiger partial charge in [-0.3, -0.25) is 20.4 Å². The molecule has 0 spiro atoms. The van der Waals surface area contributed by atoms with Crippen LogP contribution in [0.25, 0.3) is 0 Å². The van der Waals surface area contributed by atoms with Crippen molar-refractivity contribution in [3.63, 3.8) is 0 Å². The summed E-state index contributed by atoms with van der Waals surface area (Å²) in [4.78, 5) is 26.3. The van der Waals surface area contributed by atoms with Crippen LogP contribution in [0.3, 0.4) is 0 Å². The van der Waals surface area contributed by atoms with E-state index in [9.17, 15) is 9.59 Å². The summed E-state index contributed by atoms with van der Waals surface area (Å²) in [6, 6.07) is 14.5. The minimum absolute atomic E-state index is 0.172. The van der Waals surface area contributed by atoms with Gasteiger partial charge in [0.15, 0.2) is 0 Å². The summed E-state index contributed by atoms with van der Waals surface area (Å²) in [6.45, 7) is 5.98. The third kappa shape index (κ3) is 5.24. The monoisotopic (exact) mass is 355 g/mol. The van der Waals surface area contributed by atoms with Gasteiger partial charge in [-0.05, 0) is 55.8 Å². The Morgan fingerprint density at radius 1 is 0.923 bits per heavy atom.